The molecule has 1 aromatic rings. The van der Waals surface area contributed by atoms with Crippen LogP contribution in [0.5, 0.6) is 5.75 Å². The van der Waals surface area contributed by atoms with E-state index >= 15 is 0 Å². The Morgan fingerprint density at radius 2 is 2.24 bits per heavy atom. The van der Waals surface area contributed by atoms with Crippen LogP contribution in [0.2, 0.25) is 0 Å². The Balaban J connectivity index is 2.22. The third kappa shape index (κ3) is 3.50. The highest BCUT2D eigenvalue weighted by atomic mass is 35.5. The monoisotopic (exact) mass is 250 g/mol. The van der Waals surface area contributed by atoms with E-state index in [1.165, 1.54) is 24.0 Å². The zero-order chi connectivity index (χ0) is 12.1. The number of hydrogen-bond acceptors (Lipinski definition) is 1. The zero-order valence-corrected chi connectivity index (χ0v) is 11.0. The second-order valence-electron chi connectivity index (χ2n) is 4.41. The van der Waals surface area contributed by atoms with Crippen LogP contribution in [0.25, 0.3) is 5.57 Å². The second-order valence-corrected chi connectivity index (χ2v) is 4.98. The summed E-state index contributed by atoms with van der Waals surface area (Å²) in [7, 11) is 0. The molecular weight excluding hydrogens is 232 g/mol. The summed E-state index contributed by atoms with van der Waals surface area (Å²) in [6.45, 7) is 2.72. The fourth-order valence-corrected chi connectivity index (χ4v) is 2.54. The molecule has 0 saturated heterocycles. The topological polar surface area (TPSA) is 9.23 Å². The fourth-order valence-electron chi connectivity index (χ4n) is 2.23. The Bertz CT molecular complexity index is 398. The molecule has 0 heterocycles. The average molecular weight is 251 g/mol. The van der Waals surface area contributed by atoms with Crippen LogP contribution in [0.15, 0.2) is 30.3 Å². The van der Waals surface area contributed by atoms with Gasteiger partial charge in [-0.1, -0.05) is 24.6 Å². The maximum Gasteiger partial charge on any atom is 0.119 e. The molecule has 0 N–H and O–H groups in total. The maximum atomic E-state index is 6.26. The first-order valence-electron chi connectivity index (χ1n) is 6.37. The third-order valence-electron chi connectivity index (χ3n) is 3.07. The van der Waals surface area contributed by atoms with Gasteiger partial charge in [0.25, 0.3) is 0 Å². The largest absolute Gasteiger partial charge is 0.494 e. The van der Waals surface area contributed by atoms with Gasteiger partial charge in [0.1, 0.15) is 5.75 Å². The number of hydrogen-bond donors (Lipinski definition) is 0. The van der Waals surface area contributed by atoms with Crippen LogP contribution >= 0.6 is 11.6 Å². The van der Waals surface area contributed by atoms with Gasteiger partial charge in [0.15, 0.2) is 0 Å². The van der Waals surface area contributed by atoms with E-state index < -0.39 is 0 Å². The summed E-state index contributed by atoms with van der Waals surface area (Å²) in [6.07, 6.45) is 6.88. The van der Waals surface area contributed by atoms with Crippen LogP contribution in [0.3, 0.4) is 0 Å². The van der Waals surface area contributed by atoms with Crippen LogP contribution in [-0.4, -0.2) is 12.0 Å². The van der Waals surface area contributed by atoms with Crippen LogP contribution in [0, 0.1) is 0 Å². The van der Waals surface area contributed by atoms with Crippen LogP contribution in [0.4, 0.5) is 0 Å². The highest BCUT2D eigenvalue weighted by Gasteiger charge is 2.11. The first kappa shape index (κ1) is 12.5. The maximum absolute atomic E-state index is 6.26. The lowest BCUT2D eigenvalue weighted by molar-refractivity contribution is 0.340. The molecule has 0 amide bonds. The molecule has 1 atom stereocenters. The lowest BCUT2D eigenvalue weighted by Gasteiger charge is -2.09. The predicted octanol–water partition coefficient (Wildman–Crippen LogP) is 4.65. The molecule has 0 saturated carbocycles. The first-order chi connectivity index (χ1) is 8.29. The Morgan fingerprint density at radius 1 is 1.35 bits per heavy atom. The van der Waals surface area contributed by atoms with Crippen molar-refractivity contribution in [2.75, 3.05) is 6.61 Å². The van der Waals surface area contributed by atoms with Crippen molar-refractivity contribution in [2.24, 2.45) is 0 Å². The molecule has 0 aliphatic heterocycles. The van der Waals surface area contributed by atoms with Gasteiger partial charge >= 0.3 is 0 Å². The van der Waals surface area contributed by atoms with Gasteiger partial charge in [-0.05, 0) is 49.5 Å². The van der Waals surface area contributed by atoms with Gasteiger partial charge in [0.05, 0.1) is 12.0 Å². The first-order valence-corrected chi connectivity index (χ1v) is 6.81. The zero-order valence-electron chi connectivity index (χ0n) is 10.3. The Morgan fingerprint density at radius 3 is 3.06 bits per heavy atom. The molecule has 1 unspecified atom stereocenters. The molecular formula is C15H19ClO. The van der Waals surface area contributed by atoms with E-state index in [0.717, 1.165) is 18.6 Å². The number of rotatable bonds is 3. The van der Waals surface area contributed by atoms with E-state index in [-0.39, 0.29) is 5.38 Å². The molecule has 1 aliphatic rings. The second kappa shape index (κ2) is 6.11. The fraction of sp³-hybridized carbons (Fsp3) is 0.467. The number of alkyl halides is 1. The number of ether oxygens (including phenoxy) is 1. The molecule has 0 spiro atoms. The van der Waals surface area contributed by atoms with Crippen LogP contribution in [0.1, 0.15) is 38.2 Å². The van der Waals surface area contributed by atoms with Gasteiger partial charge in [-0.15, -0.1) is 11.6 Å². The summed E-state index contributed by atoms with van der Waals surface area (Å²) < 4.78 is 5.54. The van der Waals surface area contributed by atoms with Crippen LogP contribution < -0.4 is 4.74 Å². The van der Waals surface area contributed by atoms with Gasteiger partial charge in [0.2, 0.25) is 0 Å². The van der Waals surface area contributed by atoms with E-state index in [4.69, 9.17) is 16.3 Å². The number of allylic oxidation sites excluding steroid dienone is 2. The molecule has 92 valence electrons. The molecule has 2 rings (SSSR count). The Hall–Kier alpha value is -0.950. The Labute approximate surface area is 108 Å². The van der Waals surface area contributed by atoms with Gasteiger partial charge in [-0.3, -0.25) is 0 Å². The minimum Gasteiger partial charge on any atom is -0.494 e. The SMILES string of the molecule is CCOc1cccc(C2=CC(Cl)CCCC2)c1. The molecule has 0 aromatic heterocycles. The van der Waals surface area contributed by atoms with Crippen molar-refractivity contribution < 1.29 is 4.74 Å². The van der Waals surface area contributed by atoms with Gasteiger partial charge in [-0.25, -0.2) is 0 Å². The van der Waals surface area contributed by atoms with Crippen molar-refractivity contribution in [1.29, 1.82) is 0 Å². The predicted molar refractivity (Wildman–Crippen MR) is 73.7 cm³/mol. The van der Waals surface area contributed by atoms with Gasteiger partial charge in [0, 0.05) is 0 Å². The number of benzene rings is 1. The van der Waals surface area contributed by atoms with Crippen molar-refractivity contribution in [1.82, 2.24) is 0 Å². The molecule has 17 heavy (non-hydrogen) atoms. The lowest BCUT2D eigenvalue weighted by Crippen LogP contribution is -1.94. The number of halogens is 1. The van der Waals surface area contributed by atoms with Gasteiger partial charge in [-0.2, -0.15) is 0 Å². The normalized spacial score (nSPS) is 20.6. The molecule has 1 nitrogen and oxygen atoms in total. The summed E-state index contributed by atoms with van der Waals surface area (Å²) in [6, 6.07) is 8.31. The van der Waals surface area contributed by atoms with Crippen molar-refractivity contribution in [3.8, 4) is 5.75 Å². The van der Waals surface area contributed by atoms with E-state index in [1.807, 2.05) is 13.0 Å². The van der Waals surface area contributed by atoms with Crippen LogP contribution in [-0.2, 0) is 0 Å². The molecule has 0 fully saturated rings. The standard InChI is InChI=1S/C15H19ClO/c1-2-17-15-9-5-7-13(11-15)12-6-3-4-8-14(16)10-12/h5,7,9-11,14H,2-4,6,8H2,1H3. The average Bonchev–Trinajstić information content (AvgIpc) is 2.55. The quantitative estimate of drug-likeness (QED) is 0.710. The summed E-state index contributed by atoms with van der Waals surface area (Å²) >= 11 is 6.26. The Kier molecular flexibility index (Phi) is 4.49. The van der Waals surface area contributed by atoms with E-state index in [2.05, 4.69) is 24.3 Å². The highest BCUT2D eigenvalue weighted by Crippen LogP contribution is 2.29. The van der Waals surface area contributed by atoms with E-state index in [1.54, 1.807) is 0 Å². The van der Waals surface area contributed by atoms with Gasteiger partial charge < -0.3 is 4.74 Å². The summed E-state index contributed by atoms with van der Waals surface area (Å²) in [5.41, 5.74) is 2.62. The summed E-state index contributed by atoms with van der Waals surface area (Å²) in [4.78, 5) is 0. The smallest absolute Gasteiger partial charge is 0.119 e. The molecule has 2 heteroatoms. The van der Waals surface area contributed by atoms with Crippen molar-refractivity contribution in [3.63, 3.8) is 0 Å². The molecule has 1 aromatic carbocycles. The molecule has 0 radical (unpaired) electrons. The third-order valence-corrected chi connectivity index (χ3v) is 3.42. The minimum atomic E-state index is 0.184. The van der Waals surface area contributed by atoms with Crippen molar-refractivity contribution >= 4 is 17.2 Å². The molecule has 0 bridgehead atoms. The lowest BCUT2D eigenvalue weighted by atomic mass is 10.0. The molecule has 1 aliphatic carbocycles. The van der Waals surface area contributed by atoms with Crippen molar-refractivity contribution in [2.45, 2.75) is 38.0 Å². The van der Waals surface area contributed by atoms with E-state index in [0.29, 0.717) is 6.61 Å². The minimum absolute atomic E-state index is 0.184. The summed E-state index contributed by atoms with van der Waals surface area (Å²) in [5, 5.41) is 0.184. The van der Waals surface area contributed by atoms with E-state index in [9.17, 15) is 0 Å². The highest BCUT2D eigenvalue weighted by molar-refractivity contribution is 6.22. The summed E-state index contributed by atoms with van der Waals surface area (Å²) in [5.74, 6) is 0.946. The van der Waals surface area contributed by atoms with Crippen molar-refractivity contribution in [3.05, 3.63) is 35.9 Å².